The number of nitrogen functional groups attached to an aromatic ring is 1. The smallest absolute Gasteiger partial charge is 0.229 e. The van der Waals surface area contributed by atoms with Crippen molar-refractivity contribution in [3.05, 3.63) is 65.9 Å². The molecule has 1 aliphatic carbocycles. The lowest BCUT2D eigenvalue weighted by Crippen LogP contribution is -2.15. The fourth-order valence-electron chi connectivity index (χ4n) is 4.03. The normalized spacial score (nSPS) is 17.6. The highest BCUT2D eigenvalue weighted by atomic mass is 19.1. The number of hydrogen-bond donors (Lipinski definition) is 2. The van der Waals surface area contributed by atoms with Crippen molar-refractivity contribution in [2.75, 3.05) is 11.1 Å². The van der Waals surface area contributed by atoms with Crippen LogP contribution in [-0.2, 0) is 11.8 Å². The molecule has 1 amide bonds. The summed E-state index contributed by atoms with van der Waals surface area (Å²) >= 11 is 0. The molecule has 3 N–H and O–H groups in total. The lowest BCUT2D eigenvalue weighted by molar-refractivity contribution is -0.117. The first-order valence-corrected chi connectivity index (χ1v) is 10.0. The first kappa shape index (κ1) is 19.2. The molecule has 0 saturated heterocycles. The second-order valence-corrected chi connectivity index (χ2v) is 8.00. The summed E-state index contributed by atoms with van der Waals surface area (Å²) in [5.74, 6) is 0.345. The van der Waals surface area contributed by atoms with E-state index < -0.39 is 0 Å². The highest BCUT2D eigenvalue weighted by Gasteiger charge is 2.44. The molecule has 1 saturated carbocycles. The largest absolute Gasteiger partial charge is 0.383 e. The first-order chi connectivity index (χ1) is 14.9. The van der Waals surface area contributed by atoms with Crippen LogP contribution in [0.1, 0.15) is 23.5 Å². The van der Waals surface area contributed by atoms with Crippen LogP contribution < -0.4 is 11.1 Å². The van der Waals surface area contributed by atoms with Crippen LogP contribution in [0, 0.1) is 18.7 Å². The predicted molar refractivity (Wildman–Crippen MR) is 117 cm³/mol. The molecule has 0 spiro atoms. The average molecular weight is 416 g/mol. The van der Waals surface area contributed by atoms with Gasteiger partial charge in [-0.15, -0.1) is 0 Å². The lowest BCUT2D eigenvalue weighted by atomic mass is 10.0. The lowest BCUT2D eigenvalue weighted by Gasteiger charge is -2.11. The van der Waals surface area contributed by atoms with Gasteiger partial charge >= 0.3 is 0 Å². The molecule has 5 rings (SSSR count). The van der Waals surface area contributed by atoms with Gasteiger partial charge in [0, 0.05) is 36.3 Å². The van der Waals surface area contributed by atoms with E-state index in [9.17, 15) is 9.18 Å². The number of carbonyl (C=O) groups excluding carboxylic acids is 1. The van der Waals surface area contributed by atoms with Gasteiger partial charge in [0.15, 0.2) is 0 Å². The Morgan fingerprint density at radius 1 is 1.29 bits per heavy atom. The third-order valence-corrected chi connectivity index (χ3v) is 5.75. The Balaban J connectivity index is 1.42. The van der Waals surface area contributed by atoms with E-state index in [1.807, 2.05) is 26.2 Å². The number of amides is 1. The molecule has 156 valence electrons. The number of halogens is 1. The minimum absolute atomic E-state index is 0.0760. The molecule has 0 radical (unpaired) electrons. The average Bonchev–Trinajstić information content (AvgIpc) is 3.41. The Morgan fingerprint density at radius 3 is 2.87 bits per heavy atom. The molecular formula is C23H21FN6O. The van der Waals surface area contributed by atoms with E-state index in [4.69, 9.17) is 5.73 Å². The van der Waals surface area contributed by atoms with Crippen molar-refractivity contribution in [2.24, 2.45) is 13.0 Å². The summed E-state index contributed by atoms with van der Waals surface area (Å²) < 4.78 is 16.2. The number of fused-ring (bicyclic) bond motifs is 1. The Kier molecular flexibility index (Phi) is 4.43. The van der Waals surface area contributed by atoms with Crippen LogP contribution >= 0.6 is 0 Å². The molecule has 2 unspecified atom stereocenters. The van der Waals surface area contributed by atoms with E-state index >= 15 is 0 Å². The second kappa shape index (κ2) is 7.16. The molecule has 0 bridgehead atoms. The Bertz CT molecular complexity index is 1310. The summed E-state index contributed by atoms with van der Waals surface area (Å²) in [6, 6.07) is 8.40. The van der Waals surface area contributed by atoms with Crippen molar-refractivity contribution in [2.45, 2.75) is 19.3 Å². The number of carbonyl (C=O) groups is 1. The van der Waals surface area contributed by atoms with Crippen molar-refractivity contribution >= 4 is 28.3 Å². The van der Waals surface area contributed by atoms with Crippen molar-refractivity contribution < 1.29 is 9.18 Å². The van der Waals surface area contributed by atoms with Crippen LogP contribution in [0.15, 0.2) is 48.9 Å². The molecule has 31 heavy (non-hydrogen) atoms. The highest BCUT2D eigenvalue weighted by molar-refractivity contribution is 5.98. The van der Waals surface area contributed by atoms with Crippen molar-refractivity contribution in [1.29, 1.82) is 0 Å². The summed E-state index contributed by atoms with van der Waals surface area (Å²) in [7, 11) is 1.86. The van der Waals surface area contributed by atoms with E-state index in [0.29, 0.717) is 22.5 Å². The number of aryl methyl sites for hydroxylation is 2. The summed E-state index contributed by atoms with van der Waals surface area (Å²) in [5, 5.41) is 8.44. The van der Waals surface area contributed by atoms with Gasteiger partial charge < -0.3 is 11.1 Å². The Hall–Kier alpha value is -3.81. The quantitative estimate of drug-likeness (QED) is 0.527. The number of hydrogen-bond acceptors (Lipinski definition) is 5. The van der Waals surface area contributed by atoms with Crippen LogP contribution in [0.4, 0.5) is 16.0 Å². The molecular weight excluding hydrogens is 395 g/mol. The van der Waals surface area contributed by atoms with Crippen LogP contribution in [0.2, 0.25) is 0 Å². The third kappa shape index (κ3) is 3.50. The molecule has 8 heteroatoms. The van der Waals surface area contributed by atoms with Gasteiger partial charge in [0.25, 0.3) is 0 Å². The molecule has 3 aromatic heterocycles. The molecule has 1 aliphatic rings. The number of aromatic nitrogens is 4. The van der Waals surface area contributed by atoms with Crippen molar-refractivity contribution in [1.82, 2.24) is 19.7 Å². The van der Waals surface area contributed by atoms with E-state index in [-0.39, 0.29) is 29.4 Å². The molecule has 1 aromatic carbocycles. The fraction of sp³-hybridized carbons (Fsp3) is 0.217. The number of benzene rings is 1. The van der Waals surface area contributed by atoms with Gasteiger partial charge in [-0.05, 0) is 54.0 Å². The molecule has 4 aromatic rings. The zero-order chi connectivity index (χ0) is 21.7. The number of anilines is 2. The van der Waals surface area contributed by atoms with Crippen LogP contribution in [0.3, 0.4) is 0 Å². The minimum Gasteiger partial charge on any atom is -0.383 e. The van der Waals surface area contributed by atoms with Gasteiger partial charge in [0.1, 0.15) is 17.5 Å². The van der Waals surface area contributed by atoms with E-state index in [2.05, 4.69) is 20.4 Å². The highest BCUT2D eigenvalue weighted by Crippen LogP contribution is 2.47. The van der Waals surface area contributed by atoms with Crippen LogP contribution in [-0.4, -0.2) is 25.7 Å². The van der Waals surface area contributed by atoms with Gasteiger partial charge in [0.2, 0.25) is 5.91 Å². The predicted octanol–water partition coefficient (Wildman–Crippen LogP) is 3.80. The first-order valence-electron chi connectivity index (χ1n) is 10.0. The SMILES string of the molecule is Cc1cccc(F)c1-c1cc2cc(NC(=O)C3CC3c3cnn(C)c3)ncc2c(N)n1. The maximum Gasteiger partial charge on any atom is 0.229 e. The maximum absolute atomic E-state index is 14.4. The summed E-state index contributed by atoms with van der Waals surface area (Å²) in [6.07, 6.45) is 6.11. The Labute approximate surface area is 178 Å². The Morgan fingerprint density at radius 2 is 2.13 bits per heavy atom. The number of nitrogens with one attached hydrogen (secondary N) is 1. The van der Waals surface area contributed by atoms with Gasteiger partial charge in [-0.25, -0.2) is 14.4 Å². The van der Waals surface area contributed by atoms with Gasteiger partial charge in [0.05, 0.1) is 11.9 Å². The molecule has 3 heterocycles. The fourth-order valence-corrected chi connectivity index (χ4v) is 4.03. The standard InChI is InChI=1S/C23H21FN6O/c1-12-4-3-5-18(24)21(12)19-6-13-7-20(26-10-17(13)22(25)28-19)29-23(31)16-8-15(16)14-9-27-30(2)11-14/h3-7,9-11,15-16H,8H2,1-2H3,(H2,25,28)(H,26,29,31). The third-order valence-electron chi connectivity index (χ3n) is 5.75. The maximum atomic E-state index is 14.4. The number of nitrogens with two attached hydrogens (primary N) is 1. The van der Waals surface area contributed by atoms with E-state index in [1.165, 1.54) is 6.07 Å². The van der Waals surface area contributed by atoms with E-state index in [0.717, 1.165) is 22.9 Å². The zero-order valence-electron chi connectivity index (χ0n) is 17.1. The van der Waals surface area contributed by atoms with Gasteiger partial charge in [-0.2, -0.15) is 5.10 Å². The monoisotopic (exact) mass is 416 g/mol. The zero-order valence-corrected chi connectivity index (χ0v) is 17.1. The van der Waals surface area contributed by atoms with Crippen molar-refractivity contribution in [3.8, 4) is 11.3 Å². The number of rotatable bonds is 4. The summed E-state index contributed by atoms with van der Waals surface area (Å²) in [5.41, 5.74) is 8.81. The topological polar surface area (TPSA) is 98.7 Å². The van der Waals surface area contributed by atoms with Gasteiger partial charge in [-0.3, -0.25) is 9.48 Å². The number of nitrogens with zero attached hydrogens (tertiary/aromatic N) is 4. The molecule has 1 fully saturated rings. The minimum atomic E-state index is -0.357. The molecule has 2 atom stereocenters. The van der Waals surface area contributed by atoms with Crippen LogP contribution in [0.25, 0.3) is 22.0 Å². The van der Waals surface area contributed by atoms with Crippen LogP contribution in [0.5, 0.6) is 0 Å². The molecule has 7 nitrogen and oxygen atoms in total. The molecule has 0 aliphatic heterocycles. The number of pyridine rings is 2. The summed E-state index contributed by atoms with van der Waals surface area (Å²) in [6.45, 7) is 1.83. The van der Waals surface area contributed by atoms with E-state index in [1.54, 1.807) is 35.3 Å². The van der Waals surface area contributed by atoms with Gasteiger partial charge in [-0.1, -0.05) is 12.1 Å². The summed E-state index contributed by atoms with van der Waals surface area (Å²) in [4.78, 5) is 21.4. The second-order valence-electron chi connectivity index (χ2n) is 8.00. The van der Waals surface area contributed by atoms with Crippen molar-refractivity contribution in [3.63, 3.8) is 0 Å².